The van der Waals surface area contributed by atoms with Gasteiger partial charge in [-0.15, -0.1) is 11.3 Å². The maximum atomic E-state index is 12.2. The molecular formula is C11H15N3O3S2. The number of sulfone groups is 1. The summed E-state index contributed by atoms with van der Waals surface area (Å²) >= 11 is 1.50. The fraction of sp³-hybridized carbons (Fsp3) is 0.455. The van der Waals surface area contributed by atoms with Crippen LogP contribution in [0.25, 0.3) is 0 Å². The topological polar surface area (TPSA) is 85.1 Å². The van der Waals surface area contributed by atoms with Crippen LogP contribution in [0.1, 0.15) is 16.4 Å². The molecule has 0 saturated heterocycles. The van der Waals surface area contributed by atoms with Crippen LogP contribution in [-0.4, -0.2) is 33.8 Å². The van der Waals surface area contributed by atoms with Gasteiger partial charge in [0.05, 0.1) is 35.0 Å². The van der Waals surface area contributed by atoms with E-state index in [1.54, 1.807) is 7.05 Å². The van der Waals surface area contributed by atoms with Crippen molar-refractivity contribution in [3.05, 3.63) is 28.0 Å². The third kappa shape index (κ3) is 3.02. The van der Waals surface area contributed by atoms with Crippen LogP contribution < -0.4 is 0 Å². The third-order valence-electron chi connectivity index (χ3n) is 2.78. The molecule has 0 aromatic carbocycles. The molecule has 0 aliphatic rings. The number of rotatable bonds is 5. The maximum absolute atomic E-state index is 12.2. The van der Waals surface area contributed by atoms with Gasteiger partial charge >= 0.3 is 0 Å². The van der Waals surface area contributed by atoms with Crippen molar-refractivity contribution in [1.82, 2.24) is 14.5 Å². The quantitative estimate of drug-likeness (QED) is 0.878. The fourth-order valence-corrected chi connectivity index (χ4v) is 3.77. The van der Waals surface area contributed by atoms with Gasteiger partial charge in [0.1, 0.15) is 0 Å². The zero-order valence-electron chi connectivity index (χ0n) is 10.7. The first kappa shape index (κ1) is 14.2. The molecule has 0 aliphatic carbocycles. The largest absolute Gasteiger partial charge is 0.390 e. The number of aliphatic hydroxyl groups excluding tert-OH is 1. The van der Waals surface area contributed by atoms with E-state index in [0.717, 1.165) is 10.7 Å². The Hall–Kier alpha value is -1.25. The fourth-order valence-electron chi connectivity index (χ4n) is 1.71. The van der Waals surface area contributed by atoms with E-state index in [0.29, 0.717) is 12.1 Å². The van der Waals surface area contributed by atoms with E-state index in [2.05, 4.69) is 9.97 Å². The van der Waals surface area contributed by atoms with E-state index < -0.39 is 9.84 Å². The lowest BCUT2D eigenvalue weighted by atomic mass is 10.4. The van der Waals surface area contributed by atoms with Crippen molar-refractivity contribution in [2.75, 3.05) is 5.75 Å². The Morgan fingerprint density at radius 2 is 2.21 bits per heavy atom. The highest BCUT2D eigenvalue weighted by atomic mass is 32.2. The van der Waals surface area contributed by atoms with Gasteiger partial charge in [-0.05, 0) is 6.92 Å². The molecule has 0 saturated carbocycles. The first-order valence-corrected chi connectivity index (χ1v) is 8.22. The Morgan fingerprint density at radius 1 is 1.47 bits per heavy atom. The lowest BCUT2D eigenvalue weighted by molar-refractivity contribution is 0.271. The minimum atomic E-state index is -3.46. The Kier molecular flexibility index (Phi) is 4.02. The number of thiazole rings is 1. The molecular weight excluding hydrogens is 286 g/mol. The number of hydrogen-bond donors (Lipinski definition) is 1. The molecule has 0 fully saturated rings. The standard InChI is InChI=1S/C11H15N3O3S2/c1-8-13-9(7-18-8)3-4-19(16,17)11-12-5-10(6-15)14(11)2/h5,7,15H,3-4,6H2,1-2H3. The van der Waals surface area contributed by atoms with Gasteiger partial charge in [0.25, 0.3) is 0 Å². The van der Waals surface area contributed by atoms with Crippen LogP contribution in [0.5, 0.6) is 0 Å². The van der Waals surface area contributed by atoms with Crippen LogP contribution in [0.2, 0.25) is 0 Å². The number of nitrogens with zero attached hydrogens (tertiary/aromatic N) is 3. The number of hydrogen-bond acceptors (Lipinski definition) is 6. The molecule has 1 N–H and O–H groups in total. The van der Waals surface area contributed by atoms with Gasteiger partial charge in [-0.25, -0.2) is 18.4 Å². The number of aryl methyl sites for hydroxylation is 2. The summed E-state index contributed by atoms with van der Waals surface area (Å²) in [5.74, 6) is -0.0358. The average molecular weight is 301 g/mol. The van der Waals surface area contributed by atoms with Crippen LogP contribution in [-0.2, 0) is 29.9 Å². The molecule has 0 aliphatic heterocycles. The van der Waals surface area contributed by atoms with Gasteiger partial charge in [0, 0.05) is 18.8 Å². The minimum Gasteiger partial charge on any atom is -0.390 e. The predicted molar refractivity (Wildman–Crippen MR) is 71.7 cm³/mol. The van der Waals surface area contributed by atoms with E-state index in [-0.39, 0.29) is 17.5 Å². The summed E-state index contributed by atoms with van der Waals surface area (Å²) in [5.41, 5.74) is 1.26. The van der Waals surface area contributed by atoms with E-state index in [4.69, 9.17) is 5.11 Å². The molecule has 0 spiro atoms. The second-order valence-corrected chi connectivity index (χ2v) is 7.24. The second-order valence-electron chi connectivity index (χ2n) is 4.18. The van der Waals surface area contributed by atoms with Gasteiger partial charge in [0.15, 0.2) is 0 Å². The van der Waals surface area contributed by atoms with Crippen LogP contribution in [0.4, 0.5) is 0 Å². The molecule has 104 valence electrons. The summed E-state index contributed by atoms with van der Waals surface area (Å²) in [5, 5.41) is 11.8. The predicted octanol–water partition coefficient (Wildman–Crippen LogP) is 0.694. The van der Waals surface area contributed by atoms with Crippen molar-refractivity contribution in [2.24, 2.45) is 7.05 Å². The molecule has 0 atom stereocenters. The van der Waals surface area contributed by atoms with Crippen molar-refractivity contribution in [3.63, 3.8) is 0 Å². The SMILES string of the molecule is Cc1nc(CCS(=O)(=O)c2ncc(CO)n2C)cs1. The molecule has 2 aromatic rings. The van der Waals surface area contributed by atoms with Crippen LogP contribution in [0.3, 0.4) is 0 Å². The number of imidazole rings is 1. The molecule has 8 heteroatoms. The molecule has 6 nitrogen and oxygen atoms in total. The van der Waals surface area contributed by atoms with Crippen molar-refractivity contribution in [3.8, 4) is 0 Å². The van der Waals surface area contributed by atoms with Gasteiger partial charge in [-0.3, -0.25) is 0 Å². The van der Waals surface area contributed by atoms with Gasteiger partial charge in [0.2, 0.25) is 15.0 Å². The first-order chi connectivity index (χ1) is 8.94. The Bertz CT molecular complexity index is 673. The van der Waals surface area contributed by atoms with Gasteiger partial charge < -0.3 is 9.67 Å². The average Bonchev–Trinajstić information content (AvgIpc) is 2.93. The lowest BCUT2D eigenvalue weighted by Crippen LogP contribution is -2.15. The lowest BCUT2D eigenvalue weighted by Gasteiger charge is -2.05. The minimum absolute atomic E-state index is 0.0106. The molecule has 0 unspecified atom stereocenters. The Morgan fingerprint density at radius 3 is 2.74 bits per heavy atom. The molecule has 19 heavy (non-hydrogen) atoms. The first-order valence-electron chi connectivity index (χ1n) is 5.69. The molecule has 2 rings (SSSR count). The number of aromatic nitrogens is 3. The van der Waals surface area contributed by atoms with Crippen molar-refractivity contribution < 1.29 is 13.5 Å². The maximum Gasteiger partial charge on any atom is 0.227 e. The summed E-state index contributed by atoms with van der Waals surface area (Å²) in [6.45, 7) is 1.65. The third-order valence-corrected chi connectivity index (χ3v) is 5.27. The smallest absolute Gasteiger partial charge is 0.227 e. The molecule has 0 bridgehead atoms. The zero-order chi connectivity index (χ0) is 14.0. The van der Waals surface area contributed by atoms with Gasteiger partial charge in [-0.2, -0.15) is 0 Å². The monoisotopic (exact) mass is 301 g/mol. The van der Waals surface area contributed by atoms with Crippen molar-refractivity contribution in [1.29, 1.82) is 0 Å². The molecule has 2 heterocycles. The summed E-state index contributed by atoms with van der Waals surface area (Å²) < 4.78 is 25.8. The zero-order valence-corrected chi connectivity index (χ0v) is 12.3. The Labute approximate surface area is 115 Å². The number of aliphatic hydroxyl groups is 1. The summed E-state index contributed by atoms with van der Waals surface area (Å²) in [7, 11) is -1.88. The van der Waals surface area contributed by atoms with Crippen LogP contribution >= 0.6 is 11.3 Å². The van der Waals surface area contributed by atoms with Crippen LogP contribution in [0.15, 0.2) is 16.7 Å². The van der Waals surface area contributed by atoms with Crippen molar-refractivity contribution in [2.45, 2.75) is 25.1 Å². The molecule has 0 amide bonds. The van der Waals surface area contributed by atoms with E-state index in [1.165, 1.54) is 22.1 Å². The Balaban J connectivity index is 2.16. The van der Waals surface area contributed by atoms with Crippen molar-refractivity contribution >= 4 is 21.2 Å². The highest BCUT2D eigenvalue weighted by Gasteiger charge is 2.21. The summed E-state index contributed by atoms with van der Waals surface area (Å²) in [6, 6.07) is 0. The van der Waals surface area contributed by atoms with Crippen LogP contribution in [0, 0.1) is 6.92 Å². The normalized spacial score (nSPS) is 11.9. The second kappa shape index (κ2) is 5.40. The van der Waals surface area contributed by atoms with E-state index >= 15 is 0 Å². The summed E-state index contributed by atoms with van der Waals surface area (Å²) in [6.07, 6.45) is 1.74. The summed E-state index contributed by atoms with van der Waals surface area (Å²) in [4.78, 5) is 8.11. The van der Waals surface area contributed by atoms with E-state index in [9.17, 15) is 8.42 Å². The molecule has 2 aromatic heterocycles. The molecule has 0 radical (unpaired) electrons. The highest BCUT2D eigenvalue weighted by Crippen LogP contribution is 2.14. The van der Waals surface area contributed by atoms with E-state index in [1.807, 2.05) is 12.3 Å². The van der Waals surface area contributed by atoms with Gasteiger partial charge in [-0.1, -0.05) is 0 Å². The highest BCUT2D eigenvalue weighted by molar-refractivity contribution is 7.91.